The van der Waals surface area contributed by atoms with Gasteiger partial charge in [-0.15, -0.1) is 0 Å². The standard InChI is InChI=1S/C27H45N3O4/c1-9-10-11-12-13-18-30(25(32)21(5)29-26(33)34-27(6,7)8)23(24(31)28-19(2)3)22-16-14-20(4)15-17-22/h14-17,19,21,23H,9-13,18H2,1-8H3,(H,28,31)(H,29,33). The number of amides is 3. The van der Waals surface area contributed by atoms with Gasteiger partial charge in [-0.1, -0.05) is 62.4 Å². The zero-order chi connectivity index (χ0) is 25.9. The molecule has 0 bridgehead atoms. The van der Waals surface area contributed by atoms with Gasteiger partial charge >= 0.3 is 6.09 Å². The van der Waals surface area contributed by atoms with Gasteiger partial charge in [-0.2, -0.15) is 0 Å². The molecule has 1 aromatic rings. The summed E-state index contributed by atoms with van der Waals surface area (Å²) in [5.41, 5.74) is 1.15. The summed E-state index contributed by atoms with van der Waals surface area (Å²) in [6.45, 7) is 15.3. The Hall–Kier alpha value is -2.57. The van der Waals surface area contributed by atoms with Crippen molar-refractivity contribution in [1.29, 1.82) is 0 Å². The second kappa shape index (κ2) is 14.0. The smallest absolute Gasteiger partial charge is 0.408 e. The fraction of sp³-hybridized carbons (Fsp3) is 0.667. The monoisotopic (exact) mass is 475 g/mol. The number of nitrogens with zero attached hydrogens (tertiary/aromatic N) is 1. The maximum Gasteiger partial charge on any atom is 0.408 e. The Labute approximate surface area is 206 Å². The first-order valence-electron chi connectivity index (χ1n) is 12.5. The minimum absolute atomic E-state index is 0.0701. The van der Waals surface area contributed by atoms with Gasteiger partial charge in [0, 0.05) is 12.6 Å². The molecule has 34 heavy (non-hydrogen) atoms. The van der Waals surface area contributed by atoms with Gasteiger partial charge in [0.15, 0.2) is 0 Å². The highest BCUT2D eigenvalue weighted by Crippen LogP contribution is 2.24. The molecule has 0 fully saturated rings. The average Bonchev–Trinajstić information content (AvgIpc) is 2.71. The molecule has 0 radical (unpaired) electrons. The second-order valence-electron chi connectivity index (χ2n) is 10.3. The number of carbonyl (C=O) groups is 3. The van der Waals surface area contributed by atoms with E-state index in [0.717, 1.165) is 43.2 Å². The number of hydrogen-bond acceptors (Lipinski definition) is 4. The highest BCUT2D eigenvalue weighted by atomic mass is 16.6. The Kier molecular flexibility index (Phi) is 12.1. The fourth-order valence-electron chi connectivity index (χ4n) is 3.63. The van der Waals surface area contributed by atoms with Crippen LogP contribution in [-0.4, -0.2) is 47.0 Å². The molecule has 0 aliphatic rings. The highest BCUT2D eigenvalue weighted by molar-refractivity contribution is 5.92. The van der Waals surface area contributed by atoms with E-state index in [2.05, 4.69) is 17.6 Å². The van der Waals surface area contributed by atoms with Crippen LogP contribution in [0, 0.1) is 6.92 Å². The molecule has 1 rings (SSSR count). The lowest BCUT2D eigenvalue weighted by molar-refractivity contribution is -0.142. The van der Waals surface area contributed by atoms with Gasteiger partial charge in [-0.05, 0) is 60.5 Å². The topological polar surface area (TPSA) is 87.7 Å². The lowest BCUT2D eigenvalue weighted by Crippen LogP contribution is -2.52. The minimum Gasteiger partial charge on any atom is -0.444 e. The first-order valence-corrected chi connectivity index (χ1v) is 12.5. The molecule has 0 aromatic heterocycles. The van der Waals surface area contributed by atoms with E-state index in [4.69, 9.17) is 4.74 Å². The van der Waals surface area contributed by atoms with Crippen molar-refractivity contribution in [3.05, 3.63) is 35.4 Å². The van der Waals surface area contributed by atoms with Gasteiger partial charge in [-0.25, -0.2) is 4.79 Å². The molecule has 0 saturated heterocycles. The molecule has 7 nitrogen and oxygen atoms in total. The highest BCUT2D eigenvalue weighted by Gasteiger charge is 2.34. The quantitative estimate of drug-likeness (QED) is 0.403. The van der Waals surface area contributed by atoms with Crippen LogP contribution >= 0.6 is 0 Å². The Morgan fingerprint density at radius 2 is 1.53 bits per heavy atom. The van der Waals surface area contributed by atoms with Crippen molar-refractivity contribution < 1.29 is 19.1 Å². The van der Waals surface area contributed by atoms with Crippen LogP contribution < -0.4 is 10.6 Å². The summed E-state index contributed by atoms with van der Waals surface area (Å²) in [5.74, 6) is -0.545. The summed E-state index contributed by atoms with van der Waals surface area (Å²) in [7, 11) is 0. The maximum absolute atomic E-state index is 13.6. The van der Waals surface area contributed by atoms with Crippen molar-refractivity contribution in [3.63, 3.8) is 0 Å². The van der Waals surface area contributed by atoms with E-state index in [9.17, 15) is 14.4 Å². The summed E-state index contributed by atoms with van der Waals surface area (Å²) < 4.78 is 5.32. The molecule has 0 spiro atoms. The number of hydrogen-bond donors (Lipinski definition) is 2. The molecule has 2 unspecified atom stereocenters. The van der Waals surface area contributed by atoms with Crippen molar-refractivity contribution in [2.24, 2.45) is 0 Å². The third kappa shape index (κ3) is 10.6. The molecular weight excluding hydrogens is 430 g/mol. The molecule has 2 atom stereocenters. The van der Waals surface area contributed by atoms with Crippen LogP contribution in [-0.2, 0) is 14.3 Å². The van der Waals surface area contributed by atoms with Crippen LogP contribution in [0.15, 0.2) is 24.3 Å². The number of aryl methyl sites for hydroxylation is 1. The van der Waals surface area contributed by atoms with Crippen molar-refractivity contribution in [2.75, 3.05) is 6.54 Å². The molecule has 2 N–H and O–H groups in total. The number of rotatable bonds is 12. The van der Waals surface area contributed by atoms with Gasteiger partial charge < -0.3 is 20.3 Å². The predicted octanol–water partition coefficient (Wildman–Crippen LogP) is 5.27. The Morgan fingerprint density at radius 3 is 2.06 bits per heavy atom. The zero-order valence-electron chi connectivity index (χ0n) is 22.4. The third-order valence-electron chi connectivity index (χ3n) is 5.27. The molecule has 1 aromatic carbocycles. The SMILES string of the molecule is CCCCCCCN(C(=O)C(C)NC(=O)OC(C)(C)C)C(C(=O)NC(C)C)c1ccc(C)cc1. The van der Waals surface area contributed by atoms with E-state index in [1.165, 1.54) is 0 Å². The molecular formula is C27H45N3O4. The van der Waals surface area contributed by atoms with Crippen LogP contribution in [0.2, 0.25) is 0 Å². The molecule has 0 saturated carbocycles. The number of nitrogens with one attached hydrogen (secondary N) is 2. The normalized spacial score (nSPS) is 13.2. The van der Waals surface area contributed by atoms with Gasteiger partial charge in [0.2, 0.25) is 11.8 Å². The minimum atomic E-state index is -0.842. The van der Waals surface area contributed by atoms with Gasteiger partial charge in [0.25, 0.3) is 0 Å². The Bertz CT molecular complexity index is 784. The first kappa shape index (κ1) is 29.5. The summed E-state index contributed by atoms with van der Waals surface area (Å²) >= 11 is 0. The summed E-state index contributed by atoms with van der Waals surface area (Å²) in [5, 5.41) is 5.61. The van der Waals surface area contributed by atoms with Gasteiger partial charge in [-0.3, -0.25) is 9.59 Å². The Balaban J connectivity index is 3.23. The van der Waals surface area contributed by atoms with Crippen LogP contribution in [0.1, 0.15) is 97.7 Å². The van der Waals surface area contributed by atoms with Crippen LogP contribution in [0.4, 0.5) is 4.79 Å². The molecule has 192 valence electrons. The first-order chi connectivity index (χ1) is 15.9. The van der Waals surface area contributed by atoms with E-state index >= 15 is 0 Å². The number of benzene rings is 1. The van der Waals surface area contributed by atoms with E-state index in [0.29, 0.717) is 6.54 Å². The number of unbranched alkanes of at least 4 members (excludes halogenated alkanes) is 4. The van der Waals surface area contributed by atoms with Gasteiger partial charge in [0.05, 0.1) is 0 Å². The molecule has 0 aliphatic carbocycles. The summed E-state index contributed by atoms with van der Waals surface area (Å²) in [6, 6.07) is 5.97. The number of alkyl carbamates (subject to hydrolysis) is 1. The molecule has 0 aliphatic heterocycles. The van der Waals surface area contributed by atoms with Crippen molar-refractivity contribution >= 4 is 17.9 Å². The second-order valence-corrected chi connectivity index (χ2v) is 10.3. The van der Waals surface area contributed by atoms with E-state index in [-0.39, 0.29) is 17.9 Å². The molecule has 3 amide bonds. The van der Waals surface area contributed by atoms with E-state index in [1.54, 1.807) is 32.6 Å². The largest absolute Gasteiger partial charge is 0.444 e. The molecule has 7 heteroatoms. The fourth-order valence-corrected chi connectivity index (χ4v) is 3.63. The predicted molar refractivity (Wildman–Crippen MR) is 137 cm³/mol. The van der Waals surface area contributed by atoms with Crippen LogP contribution in [0.25, 0.3) is 0 Å². The number of ether oxygens (including phenoxy) is 1. The van der Waals surface area contributed by atoms with Crippen molar-refractivity contribution in [1.82, 2.24) is 15.5 Å². The van der Waals surface area contributed by atoms with Crippen molar-refractivity contribution in [2.45, 2.75) is 111 Å². The summed E-state index contributed by atoms with van der Waals surface area (Å²) in [6.07, 6.45) is 4.44. The summed E-state index contributed by atoms with van der Waals surface area (Å²) in [4.78, 5) is 40.9. The zero-order valence-corrected chi connectivity index (χ0v) is 22.4. The third-order valence-corrected chi connectivity index (χ3v) is 5.27. The van der Waals surface area contributed by atoms with Gasteiger partial charge in [0.1, 0.15) is 17.7 Å². The average molecular weight is 476 g/mol. The maximum atomic E-state index is 13.6. The lowest BCUT2D eigenvalue weighted by atomic mass is 10.0. The molecule has 0 heterocycles. The van der Waals surface area contributed by atoms with E-state index < -0.39 is 23.8 Å². The van der Waals surface area contributed by atoms with Crippen LogP contribution in [0.5, 0.6) is 0 Å². The Morgan fingerprint density at radius 1 is 0.941 bits per heavy atom. The van der Waals surface area contributed by atoms with Crippen molar-refractivity contribution in [3.8, 4) is 0 Å². The lowest BCUT2D eigenvalue weighted by Gasteiger charge is -2.34. The number of carbonyl (C=O) groups excluding carboxylic acids is 3. The van der Waals surface area contributed by atoms with Crippen LogP contribution in [0.3, 0.4) is 0 Å². The van der Waals surface area contributed by atoms with E-state index in [1.807, 2.05) is 45.0 Å².